The zero-order chi connectivity index (χ0) is 22.9. The molecule has 0 aliphatic carbocycles. The van der Waals surface area contributed by atoms with Gasteiger partial charge in [0.15, 0.2) is 6.04 Å². The van der Waals surface area contributed by atoms with Crippen molar-refractivity contribution in [3.8, 4) is 5.75 Å². The predicted octanol–water partition coefficient (Wildman–Crippen LogP) is 4.03. The lowest BCUT2D eigenvalue weighted by molar-refractivity contribution is -0.193. The highest BCUT2D eigenvalue weighted by Crippen LogP contribution is 2.41. The third kappa shape index (κ3) is 4.74. The maximum atomic E-state index is 13.9. The van der Waals surface area contributed by atoms with E-state index in [0.29, 0.717) is 25.9 Å². The van der Waals surface area contributed by atoms with Crippen LogP contribution in [0.15, 0.2) is 45.8 Å². The van der Waals surface area contributed by atoms with E-state index in [1.165, 1.54) is 9.80 Å². The molecule has 0 bridgehead atoms. The van der Waals surface area contributed by atoms with Crippen molar-refractivity contribution in [3.63, 3.8) is 0 Å². The van der Waals surface area contributed by atoms with E-state index in [2.05, 4.69) is 0 Å². The van der Waals surface area contributed by atoms with Crippen LogP contribution in [-0.4, -0.2) is 46.9 Å². The molecule has 1 atom stereocenters. The normalized spacial score (nSPS) is 18.4. The first-order chi connectivity index (χ1) is 15.2. The number of likely N-dealkylation sites (tertiary alicyclic amines) is 1. The van der Waals surface area contributed by atoms with Gasteiger partial charge in [0.05, 0.1) is 6.61 Å². The SMILES string of the molecule is O=C(O)N1CCC(COc2coc(C(N3Cc4ccccc4C3)C(F)(F)F)cc2=O)CC1. The fourth-order valence-corrected chi connectivity index (χ4v) is 4.25. The average Bonchev–Trinajstić information content (AvgIpc) is 3.15. The van der Waals surface area contributed by atoms with Crippen molar-refractivity contribution in [2.45, 2.75) is 38.1 Å². The monoisotopic (exact) mass is 452 g/mol. The van der Waals surface area contributed by atoms with Crippen molar-refractivity contribution in [1.82, 2.24) is 9.80 Å². The number of hydrogen-bond donors (Lipinski definition) is 1. The van der Waals surface area contributed by atoms with Crippen LogP contribution in [0.1, 0.15) is 35.8 Å². The maximum Gasteiger partial charge on any atom is 0.411 e. The molecule has 1 amide bonds. The molecule has 0 radical (unpaired) electrons. The highest BCUT2D eigenvalue weighted by Gasteiger charge is 2.48. The Bertz CT molecular complexity index is 1010. The zero-order valence-corrected chi connectivity index (χ0v) is 17.2. The van der Waals surface area contributed by atoms with Gasteiger partial charge in [-0.1, -0.05) is 24.3 Å². The predicted molar refractivity (Wildman–Crippen MR) is 107 cm³/mol. The van der Waals surface area contributed by atoms with Crippen LogP contribution < -0.4 is 10.2 Å². The molecule has 2 aromatic rings. The molecule has 1 unspecified atom stereocenters. The molecule has 1 fully saturated rings. The standard InChI is InChI=1S/C22H23F3N2O5/c23-22(24,25)20(27-10-15-3-1-2-4-16(15)11-27)18-9-17(28)19(13-32-18)31-12-14-5-7-26(8-6-14)21(29)30/h1-4,9,13-14,20H,5-8,10-12H2,(H,29,30). The summed E-state index contributed by atoms with van der Waals surface area (Å²) in [4.78, 5) is 26.0. The molecule has 1 N–H and O–H groups in total. The van der Waals surface area contributed by atoms with Crippen LogP contribution in [0.4, 0.5) is 18.0 Å². The van der Waals surface area contributed by atoms with Crippen LogP contribution in [0.2, 0.25) is 0 Å². The molecular formula is C22H23F3N2O5. The second-order valence-corrected chi connectivity index (χ2v) is 8.15. The van der Waals surface area contributed by atoms with E-state index in [9.17, 15) is 22.8 Å². The fourth-order valence-electron chi connectivity index (χ4n) is 4.25. The van der Waals surface area contributed by atoms with Crippen LogP contribution in [-0.2, 0) is 13.1 Å². The highest BCUT2D eigenvalue weighted by molar-refractivity contribution is 5.64. The molecular weight excluding hydrogens is 429 g/mol. The molecule has 2 aliphatic heterocycles. The third-order valence-electron chi connectivity index (χ3n) is 5.99. The van der Waals surface area contributed by atoms with Crippen molar-refractivity contribution < 1.29 is 32.2 Å². The van der Waals surface area contributed by atoms with Gasteiger partial charge >= 0.3 is 12.3 Å². The molecule has 7 nitrogen and oxygen atoms in total. The van der Waals surface area contributed by atoms with Gasteiger partial charge in [-0.15, -0.1) is 0 Å². The number of ether oxygens (including phenoxy) is 1. The van der Waals surface area contributed by atoms with Gasteiger partial charge < -0.3 is 19.2 Å². The quantitative estimate of drug-likeness (QED) is 0.738. The van der Waals surface area contributed by atoms with Gasteiger partial charge in [-0.25, -0.2) is 4.79 Å². The van der Waals surface area contributed by atoms with E-state index in [-0.39, 0.29) is 31.4 Å². The van der Waals surface area contributed by atoms with Crippen molar-refractivity contribution in [2.75, 3.05) is 19.7 Å². The molecule has 172 valence electrons. The smallest absolute Gasteiger partial charge is 0.411 e. The Morgan fingerprint density at radius 1 is 1.19 bits per heavy atom. The largest absolute Gasteiger partial charge is 0.486 e. The first kappa shape index (κ1) is 22.2. The second-order valence-electron chi connectivity index (χ2n) is 8.15. The van der Waals surface area contributed by atoms with E-state index < -0.39 is 29.5 Å². The Morgan fingerprint density at radius 3 is 2.34 bits per heavy atom. The topological polar surface area (TPSA) is 83.2 Å². The summed E-state index contributed by atoms with van der Waals surface area (Å²) in [6, 6.07) is 5.94. The van der Waals surface area contributed by atoms with Gasteiger partial charge in [-0.05, 0) is 29.9 Å². The summed E-state index contributed by atoms with van der Waals surface area (Å²) in [5.41, 5.74) is 0.955. The van der Waals surface area contributed by atoms with E-state index in [1.54, 1.807) is 24.3 Å². The molecule has 4 rings (SSSR count). The molecule has 0 spiro atoms. The molecule has 0 saturated carbocycles. The van der Waals surface area contributed by atoms with E-state index in [0.717, 1.165) is 23.5 Å². The average molecular weight is 452 g/mol. The minimum atomic E-state index is -4.63. The van der Waals surface area contributed by atoms with Gasteiger partial charge in [0.25, 0.3) is 0 Å². The van der Waals surface area contributed by atoms with Gasteiger partial charge in [0.2, 0.25) is 11.2 Å². The van der Waals surface area contributed by atoms with Gasteiger partial charge in [-0.2, -0.15) is 13.2 Å². The fraction of sp³-hybridized carbons (Fsp3) is 0.455. The van der Waals surface area contributed by atoms with E-state index >= 15 is 0 Å². The van der Waals surface area contributed by atoms with E-state index in [1.807, 2.05) is 0 Å². The first-order valence-electron chi connectivity index (χ1n) is 10.3. The van der Waals surface area contributed by atoms with Gasteiger partial charge in [0.1, 0.15) is 12.0 Å². The van der Waals surface area contributed by atoms with Crippen LogP contribution in [0.5, 0.6) is 5.75 Å². The highest BCUT2D eigenvalue weighted by atomic mass is 19.4. The summed E-state index contributed by atoms with van der Waals surface area (Å²) in [5.74, 6) is -0.576. The van der Waals surface area contributed by atoms with Crippen LogP contribution in [0.3, 0.4) is 0 Å². The second kappa shape index (κ2) is 8.85. The molecule has 1 saturated heterocycles. The van der Waals surface area contributed by atoms with Crippen LogP contribution in [0, 0.1) is 5.92 Å². The van der Waals surface area contributed by atoms with E-state index in [4.69, 9.17) is 14.3 Å². The number of fused-ring (bicyclic) bond motifs is 1. The molecule has 32 heavy (non-hydrogen) atoms. The number of carboxylic acid groups (broad SMARTS) is 1. The summed E-state index contributed by atoms with van der Waals surface area (Å²) in [7, 11) is 0. The third-order valence-corrected chi connectivity index (χ3v) is 5.99. The van der Waals surface area contributed by atoms with Crippen molar-refractivity contribution in [2.24, 2.45) is 5.92 Å². The number of carbonyl (C=O) groups is 1. The molecule has 1 aromatic heterocycles. The number of amides is 1. The summed E-state index contributed by atoms with van der Waals surface area (Å²) in [6.45, 7) is 1.14. The summed E-state index contributed by atoms with van der Waals surface area (Å²) in [5, 5.41) is 8.98. The van der Waals surface area contributed by atoms with Gasteiger partial charge in [0, 0.05) is 32.2 Å². The van der Waals surface area contributed by atoms with Crippen molar-refractivity contribution >= 4 is 6.09 Å². The Balaban J connectivity index is 1.44. The summed E-state index contributed by atoms with van der Waals surface area (Å²) < 4.78 is 52.5. The number of nitrogens with zero attached hydrogens (tertiary/aromatic N) is 2. The molecule has 3 heterocycles. The number of piperidine rings is 1. The summed E-state index contributed by atoms with van der Waals surface area (Å²) in [6.07, 6.45) is -3.49. The molecule has 10 heteroatoms. The Hall–Kier alpha value is -3.01. The van der Waals surface area contributed by atoms with Crippen LogP contribution in [0.25, 0.3) is 0 Å². The zero-order valence-electron chi connectivity index (χ0n) is 17.2. The number of hydrogen-bond acceptors (Lipinski definition) is 5. The Kier molecular flexibility index (Phi) is 6.14. The minimum Gasteiger partial charge on any atom is -0.486 e. The molecule has 1 aromatic carbocycles. The molecule has 2 aliphatic rings. The first-order valence-corrected chi connectivity index (χ1v) is 10.3. The Labute approximate surface area is 182 Å². The minimum absolute atomic E-state index is 0.0516. The van der Waals surface area contributed by atoms with Gasteiger partial charge in [-0.3, -0.25) is 9.69 Å². The van der Waals surface area contributed by atoms with Crippen molar-refractivity contribution in [3.05, 3.63) is 63.7 Å². The maximum absolute atomic E-state index is 13.9. The number of benzene rings is 1. The van der Waals surface area contributed by atoms with Crippen LogP contribution >= 0.6 is 0 Å². The summed E-state index contributed by atoms with van der Waals surface area (Å²) >= 11 is 0. The van der Waals surface area contributed by atoms with Crippen molar-refractivity contribution in [1.29, 1.82) is 0 Å². The number of rotatable bonds is 5. The lowest BCUT2D eigenvalue weighted by Gasteiger charge is -2.30. The lowest BCUT2D eigenvalue weighted by Crippen LogP contribution is -2.38. The number of alkyl halides is 3. The lowest BCUT2D eigenvalue weighted by atomic mass is 9.98. The Morgan fingerprint density at radius 2 is 1.81 bits per heavy atom. The number of halogens is 3.